The Labute approximate surface area is 119 Å². The monoisotopic (exact) mass is 333 g/mol. The number of hydrogen-bond donors (Lipinski definition) is 1. The van der Waals surface area contributed by atoms with E-state index in [1.54, 1.807) is 39.1 Å². The highest BCUT2D eigenvalue weighted by Crippen LogP contribution is 2.22. The standard InChI is InChI=1S/C12H16BrNO3S/c1-7(11(16)17-12(2,3)4)14-10(15)9-8(13)5-6-18-9/h5-7H,1-4H3,(H,14,15)/t7-/m1/s1. The maximum atomic E-state index is 11.9. The molecule has 0 fully saturated rings. The highest BCUT2D eigenvalue weighted by atomic mass is 79.9. The van der Waals surface area contributed by atoms with Gasteiger partial charge in [-0.05, 0) is 55.1 Å². The molecule has 0 aliphatic rings. The van der Waals surface area contributed by atoms with E-state index in [2.05, 4.69) is 21.2 Å². The van der Waals surface area contributed by atoms with Crippen molar-refractivity contribution in [3.8, 4) is 0 Å². The van der Waals surface area contributed by atoms with Crippen LogP contribution in [0.25, 0.3) is 0 Å². The molecule has 1 N–H and O–H groups in total. The first kappa shape index (κ1) is 15.2. The fourth-order valence-electron chi connectivity index (χ4n) is 1.17. The second-order valence-corrected chi connectivity index (χ2v) is 6.60. The van der Waals surface area contributed by atoms with E-state index in [0.717, 1.165) is 4.47 Å². The summed E-state index contributed by atoms with van der Waals surface area (Å²) in [5.74, 6) is -0.723. The Balaban J connectivity index is 2.60. The minimum Gasteiger partial charge on any atom is -0.458 e. The molecule has 18 heavy (non-hydrogen) atoms. The molecular weight excluding hydrogens is 318 g/mol. The van der Waals surface area contributed by atoms with Crippen LogP contribution < -0.4 is 5.32 Å². The summed E-state index contributed by atoms with van der Waals surface area (Å²) in [7, 11) is 0. The number of thiophene rings is 1. The second kappa shape index (κ2) is 5.84. The molecule has 1 atom stereocenters. The van der Waals surface area contributed by atoms with Gasteiger partial charge in [0.25, 0.3) is 5.91 Å². The average Bonchev–Trinajstić information content (AvgIpc) is 2.61. The van der Waals surface area contributed by atoms with Crippen LogP contribution in [0.5, 0.6) is 0 Å². The van der Waals surface area contributed by atoms with E-state index >= 15 is 0 Å². The number of hydrogen-bond acceptors (Lipinski definition) is 4. The van der Waals surface area contributed by atoms with Crippen molar-refractivity contribution in [2.75, 3.05) is 0 Å². The number of amides is 1. The van der Waals surface area contributed by atoms with Crippen molar-refractivity contribution in [1.82, 2.24) is 5.32 Å². The van der Waals surface area contributed by atoms with Gasteiger partial charge in [-0.15, -0.1) is 11.3 Å². The summed E-state index contributed by atoms with van der Waals surface area (Å²) in [4.78, 5) is 24.1. The average molecular weight is 334 g/mol. The van der Waals surface area contributed by atoms with Crippen LogP contribution in [0.1, 0.15) is 37.4 Å². The molecule has 1 amide bonds. The van der Waals surface area contributed by atoms with Gasteiger partial charge in [0.15, 0.2) is 0 Å². The number of nitrogens with one attached hydrogen (secondary N) is 1. The minimum absolute atomic E-state index is 0.282. The van der Waals surface area contributed by atoms with E-state index in [9.17, 15) is 9.59 Å². The molecule has 0 aromatic carbocycles. The van der Waals surface area contributed by atoms with Gasteiger partial charge in [0, 0.05) is 4.47 Å². The summed E-state index contributed by atoms with van der Waals surface area (Å²) in [5.41, 5.74) is -0.556. The normalized spacial score (nSPS) is 12.9. The zero-order chi connectivity index (χ0) is 13.9. The van der Waals surface area contributed by atoms with E-state index in [0.29, 0.717) is 4.88 Å². The Hall–Kier alpha value is -0.880. The van der Waals surface area contributed by atoms with Crippen LogP contribution in [0, 0.1) is 0 Å². The van der Waals surface area contributed by atoms with Crippen molar-refractivity contribution in [3.63, 3.8) is 0 Å². The van der Waals surface area contributed by atoms with Gasteiger partial charge >= 0.3 is 5.97 Å². The fraction of sp³-hybridized carbons (Fsp3) is 0.500. The highest BCUT2D eigenvalue weighted by Gasteiger charge is 2.24. The quantitative estimate of drug-likeness (QED) is 0.865. The zero-order valence-electron chi connectivity index (χ0n) is 10.7. The molecule has 0 saturated heterocycles. The lowest BCUT2D eigenvalue weighted by Gasteiger charge is -2.22. The van der Waals surface area contributed by atoms with E-state index in [4.69, 9.17) is 4.74 Å². The molecule has 0 spiro atoms. The van der Waals surface area contributed by atoms with Crippen molar-refractivity contribution in [3.05, 3.63) is 20.8 Å². The van der Waals surface area contributed by atoms with E-state index in [-0.39, 0.29) is 5.91 Å². The van der Waals surface area contributed by atoms with Crippen molar-refractivity contribution in [2.45, 2.75) is 39.3 Å². The van der Waals surface area contributed by atoms with Gasteiger partial charge in [-0.3, -0.25) is 4.79 Å². The summed E-state index contributed by atoms with van der Waals surface area (Å²) >= 11 is 4.59. The predicted octanol–water partition coefficient (Wildman–Crippen LogP) is 2.97. The summed E-state index contributed by atoms with van der Waals surface area (Å²) in [6.07, 6.45) is 0. The van der Waals surface area contributed by atoms with Gasteiger partial charge in [-0.1, -0.05) is 0 Å². The molecule has 1 rings (SSSR count). The van der Waals surface area contributed by atoms with Gasteiger partial charge in [0.2, 0.25) is 0 Å². The number of ether oxygens (including phenoxy) is 1. The van der Waals surface area contributed by atoms with Crippen LogP contribution in [-0.4, -0.2) is 23.5 Å². The molecule has 1 aromatic rings. The molecule has 1 heterocycles. The molecule has 1 aromatic heterocycles. The SMILES string of the molecule is C[C@@H](NC(=O)c1sccc1Br)C(=O)OC(C)(C)C. The van der Waals surface area contributed by atoms with Gasteiger partial charge in [-0.25, -0.2) is 4.79 Å². The molecule has 0 radical (unpaired) electrons. The second-order valence-electron chi connectivity index (χ2n) is 4.83. The van der Waals surface area contributed by atoms with Crippen LogP contribution in [0.15, 0.2) is 15.9 Å². The lowest BCUT2D eigenvalue weighted by atomic mass is 10.2. The van der Waals surface area contributed by atoms with Crippen molar-refractivity contribution >= 4 is 39.1 Å². The van der Waals surface area contributed by atoms with Crippen molar-refractivity contribution < 1.29 is 14.3 Å². The molecule has 0 unspecified atom stereocenters. The molecule has 0 aliphatic carbocycles. The van der Waals surface area contributed by atoms with Gasteiger partial charge < -0.3 is 10.1 Å². The summed E-state index contributed by atoms with van der Waals surface area (Å²) < 4.78 is 5.91. The first-order valence-corrected chi connectivity index (χ1v) is 7.14. The number of esters is 1. The molecule has 0 bridgehead atoms. The largest absolute Gasteiger partial charge is 0.458 e. The minimum atomic E-state index is -0.675. The fourth-order valence-corrected chi connectivity index (χ4v) is 2.62. The van der Waals surface area contributed by atoms with Crippen LogP contribution in [0.2, 0.25) is 0 Å². The molecule has 0 aliphatic heterocycles. The topological polar surface area (TPSA) is 55.4 Å². The van der Waals surface area contributed by atoms with Crippen LogP contribution >= 0.6 is 27.3 Å². The highest BCUT2D eigenvalue weighted by molar-refractivity contribution is 9.10. The van der Waals surface area contributed by atoms with Crippen molar-refractivity contribution in [2.24, 2.45) is 0 Å². The Morgan fingerprint density at radius 1 is 1.44 bits per heavy atom. The van der Waals surface area contributed by atoms with Crippen molar-refractivity contribution in [1.29, 1.82) is 0 Å². The first-order valence-electron chi connectivity index (χ1n) is 5.47. The van der Waals surface area contributed by atoms with Gasteiger partial charge in [0.1, 0.15) is 16.5 Å². The summed E-state index contributed by atoms with van der Waals surface area (Å²) in [6, 6.07) is 1.11. The predicted molar refractivity (Wildman–Crippen MR) is 74.8 cm³/mol. The Morgan fingerprint density at radius 2 is 2.06 bits per heavy atom. The van der Waals surface area contributed by atoms with E-state index in [1.165, 1.54) is 11.3 Å². The first-order chi connectivity index (χ1) is 8.20. The Bertz CT molecular complexity index is 450. The molecule has 0 saturated carbocycles. The summed E-state index contributed by atoms with van der Waals surface area (Å²) in [5, 5.41) is 4.42. The maximum Gasteiger partial charge on any atom is 0.328 e. The van der Waals surface area contributed by atoms with Crippen LogP contribution in [-0.2, 0) is 9.53 Å². The third-order valence-corrected chi connectivity index (χ3v) is 3.77. The molecule has 4 nitrogen and oxygen atoms in total. The van der Waals surface area contributed by atoms with Gasteiger partial charge in [-0.2, -0.15) is 0 Å². The van der Waals surface area contributed by atoms with E-state index in [1.807, 2.05) is 0 Å². The molecule has 100 valence electrons. The third kappa shape index (κ3) is 4.42. The van der Waals surface area contributed by atoms with E-state index < -0.39 is 17.6 Å². The number of carbonyl (C=O) groups is 2. The third-order valence-electron chi connectivity index (χ3n) is 1.93. The van der Waals surface area contributed by atoms with Gasteiger partial charge in [0.05, 0.1) is 0 Å². The smallest absolute Gasteiger partial charge is 0.328 e. The number of rotatable bonds is 3. The van der Waals surface area contributed by atoms with Crippen LogP contribution in [0.4, 0.5) is 0 Å². The lowest BCUT2D eigenvalue weighted by Crippen LogP contribution is -2.42. The van der Waals surface area contributed by atoms with Crippen LogP contribution in [0.3, 0.4) is 0 Å². The number of carbonyl (C=O) groups excluding carboxylic acids is 2. The Morgan fingerprint density at radius 3 is 2.50 bits per heavy atom. The number of halogens is 1. The maximum absolute atomic E-state index is 11.9. The Kier molecular flexibility index (Phi) is 4.92. The summed E-state index contributed by atoms with van der Waals surface area (Å²) in [6.45, 7) is 6.97. The zero-order valence-corrected chi connectivity index (χ0v) is 13.1. The molecular formula is C12H16BrNO3S. The lowest BCUT2D eigenvalue weighted by molar-refractivity contribution is -0.156. The molecule has 6 heteroatoms.